The van der Waals surface area contributed by atoms with E-state index in [1.807, 2.05) is 17.5 Å². The van der Waals surface area contributed by atoms with Crippen LogP contribution in [0.3, 0.4) is 0 Å². The number of carbonyl (C=O) groups is 1. The molecule has 0 spiro atoms. The van der Waals surface area contributed by atoms with Crippen LogP contribution in [0.4, 0.5) is 0 Å². The van der Waals surface area contributed by atoms with Crippen molar-refractivity contribution in [3.63, 3.8) is 0 Å². The number of nitrogens with one attached hydrogen (secondary N) is 1. The highest BCUT2D eigenvalue weighted by Crippen LogP contribution is 2.34. The zero-order valence-electron chi connectivity index (χ0n) is 11.2. The summed E-state index contributed by atoms with van der Waals surface area (Å²) in [5, 5.41) is 11.9. The second-order valence-electron chi connectivity index (χ2n) is 4.43. The van der Waals surface area contributed by atoms with Crippen LogP contribution in [-0.2, 0) is 9.53 Å². The van der Waals surface area contributed by atoms with Gasteiger partial charge in [0.25, 0.3) is 5.56 Å². The summed E-state index contributed by atoms with van der Waals surface area (Å²) in [6, 6.07) is 5.15. The van der Waals surface area contributed by atoms with Crippen LogP contribution in [-0.4, -0.2) is 23.2 Å². The van der Waals surface area contributed by atoms with E-state index in [9.17, 15) is 14.7 Å². The molecule has 2 N–H and O–H groups in total. The van der Waals surface area contributed by atoms with Crippen molar-refractivity contribution < 1.29 is 14.6 Å². The molecular weight excluding hydrogens is 278 g/mol. The minimum atomic E-state index is -0.508. The number of thiophene rings is 1. The van der Waals surface area contributed by atoms with Gasteiger partial charge in [-0.15, -0.1) is 11.3 Å². The van der Waals surface area contributed by atoms with Crippen LogP contribution in [0.2, 0.25) is 0 Å². The third-order valence-electron chi connectivity index (χ3n) is 3.02. The molecule has 0 aliphatic rings. The Kier molecular flexibility index (Phi) is 4.24. The largest absolute Gasteiger partial charge is 0.507 e. The molecule has 0 aromatic carbocycles. The summed E-state index contributed by atoms with van der Waals surface area (Å²) in [6.45, 7) is 1.69. The molecule has 0 amide bonds. The number of ether oxygens (including phenoxy) is 1. The van der Waals surface area contributed by atoms with Gasteiger partial charge in [-0.1, -0.05) is 6.07 Å². The Bertz CT molecular complexity index is 660. The number of rotatable bonds is 4. The van der Waals surface area contributed by atoms with Crippen molar-refractivity contribution in [2.24, 2.45) is 0 Å². The maximum atomic E-state index is 12.1. The van der Waals surface area contributed by atoms with E-state index in [0.29, 0.717) is 5.69 Å². The van der Waals surface area contributed by atoms with Crippen LogP contribution < -0.4 is 5.56 Å². The van der Waals surface area contributed by atoms with E-state index in [4.69, 9.17) is 0 Å². The fourth-order valence-electron chi connectivity index (χ4n) is 2.10. The Morgan fingerprint density at radius 2 is 2.30 bits per heavy atom. The molecule has 0 fully saturated rings. The minimum absolute atomic E-state index is 0.0106. The second-order valence-corrected chi connectivity index (χ2v) is 5.41. The maximum Gasteiger partial charge on any atom is 0.306 e. The van der Waals surface area contributed by atoms with Crippen LogP contribution in [0.25, 0.3) is 0 Å². The quantitative estimate of drug-likeness (QED) is 0.846. The number of esters is 1. The predicted octanol–water partition coefficient (Wildman–Crippen LogP) is 2.15. The third kappa shape index (κ3) is 2.91. The molecule has 0 bridgehead atoms. The van der Waals surface area contributed by atoms with Gasteiger partial charge < -0.3 is 14.8 Å². The average Bonchev–Trinajstić information content (AvgIpc) is 2.89. The van der Waals surface area contributed by atoms with Crippen molar-refractivity contribution in [3.8, 4) is 5.75 Å². The van der Waals surface area contributed by atoms with Gasteiger partial charge in [-0.3, -0.25) is 9.59 Å². The number of hydrogen-bond donors (Lipinski definition) is 2. The Morgan fingerprint density at radius 3 is 2.85 bits per heavy atom. The molecule has 0 aliphatic carbocycles. The molecule has 2 aromatic heterocycles. The number of aromatic amines is 1. The minimum Gasteiger partial charge on any atom is -0.507 e. The molecule has 0 saturated heterocycles. The van der Waals surface area contributed by atoms with Crippen LogP contribution in [0, 0.1) is 6.92 Å². The van der Waals surface area contributed by atoms with E-state index in [1.165, 1.54) is 24.5 Å². The van der Waals surface area contributed by atoms with Crippen molar-refractivity contribution in [2.45, 2.75) is 19.3 Å². The third-order valence-corrected chi connectivity index (χ3v) is 4.00. The molecule has 0 aliphatic heterocycles. The smallest absolute Gasteiger partial charge is 0.306 e. The first-order valence-electron chi connectivity index (χ1n) is 6.06. The molecule has 6 heteroatoms. The molecule has 2 heterocycles. The fourth-order valence-corrected chi connectivity index (χ4v) is 2.94. The average molecular weight is 293 g/mol. The molecule has 20 heavy (non-hydrogen) atoms. The lowest BCUT2D eigenvalue weighted by atomic mass is 9.94. The zero-order valence-corrected chi connectivity index (χ0v) is 12.0. The first kappa shape index (κ1) is 14.3. The number of methoxy groups -OCH3 is 1. The Morgan fingerprint density at radius 1 is 1.55 bits per heavy atom. The van der Waals surface area contributed by atoms with E-state index in [0.717, 1.165) is 4.88 Å². The first-order chi connectivity index (χ1) is 9.52. The highest BCUT2D eigenvalue weighted by atomic mass is 32.1. The second kappa shape index (κ2) is 5.92. The van der Waals surface area contributed by atoms with Gasteiger partial charge in [0.05, 0.1) is 19.1 Å². The summed E-state index contributed by atoms with van der Waals surface area (Å²) >= 11 is 1.43. The van der Waals surface area contributed by atoms with E-state index in [2.05, 4.69) is 9.72 Å². The van der Waals surface area contributed by atoms with E-state index >= 15 is 0 Å². The number of carbonyl (C=O) groups excluding carboxylic acids is 1. The number of aromatic hydroxyl groups is 1. The van der Waals surface area contributed by atoms with Gasteiger partial charge in [0.1, 0.15) is 5.75 Å². The normalized spacial score (nSPS) is 12.1. The molecule has 0 radical (unpaired) electrons. The molecule has 2 aromatic rings. The van der Waals surface area contributed by atoms with Gasteiger partial charge in [0.2, 0.25) is 0 Å². The lowest BCUT2D eigenvalue weighted by molar-refractivity contribution is -0.140. The van der Waals surface area contributed by atoms with Crippen molar-refractivity contribution in [2.75, 3.05) is 7.11 Å². The van der Waals surface area contributed by atoms with Crippen LogP contribution in [0.5, 0.6) is 5.75 Å². The number of hydrogen-bond acceptors (Lipinski definition) is 5. The van der Waals surface area contributed by atoms with Gasteiger partial charge in [-0.2, -0.15) is 0 Å². The monoisotopic (exact) mass is 293 g/mol. The summed E-state index contributed by atoms with van der Waals surface area (Å²) in [5.41, 5.74) is 0.382. The van der Waals surface area contributed by atoms with Gasteiger partial charge in [0, 0.05) is 16.5 Å². The van der Waals surface area contributed by atoms with E-state index in [1.54, 1.807) is 6.92 Å². The lowest BCUT2D eigenvalue weighted by Crippen LogP contribution is -2.20. The predicted molar refractivity (Wildman–Crippen MR) is 76.3 cm³/mol. The Balaban J connectivity index is 2.52. The van der Waals surface area contributed by atoms with Gasteiger partial charge in [0.15, 0.2) is 0 Å². The maximum absolute atomic E-state index is 12.1. The zero-order chi connectivity index (χ0) is 14.7. The molecule has 2 rings (SSSR count). The fraction of sp³-hybridized carbons (Fsp3) is 0.286. The van der Waals surface area contributed by atoms with Gasteiger partial charge >= 0.3 is 5.97 Å². The number of pyridine rings is 1. The van der Waals surface area contributed by atoms with Crippen molar-refractivity contribution in [3.05, 3.63) is 50.1 Å². The number of aromatic nitrogens is 1. The van der Waals surface area contributed by atoms with Crippen LogP contribution in [0.1, 0.15) is 28.5 Å². The van der Waals surface area contributed by atoms with Gasteiger partial charge in [-0.05, 0) is 24.4 Å². The van der Waals surface area contributed by atoms with Crippen LogP contribution in [0.15, 0.2) is 28.4 Å². The molecule has 0 saturated carbocycles. The Labute approximate surface area is 119 Å². The number of aryl methyl sites for hydroxylation is 1. The lowest BCUT2D eigenvalue weighted by Gasteiger charge is -2.15. The van der Waals surface area contributed by atoms with Crippen molar-refractivity contribution in [1.29, 1.82) is 0 Å². The summed E-state index contributed by atoms with van der Waals surface area (Å²) in [7, 11) is 1.30. The molecule has 5 nitrogen and oxygen atoms in total. The first-order valence-corrected chi connectivity index (χ1v) is 6.94. The van der Waals surface area contributed by atoms with E-state index < -0.39 is 11.9 Å². The molecule has 1 atom stereocenters. The standard InChI is InChI=1S/C14H15NO4S/c1-8-6-10(16)13(14(18)15-8)9(7-12(17)19-2)11-4-3-5-20-11/h3-6,9H,7H2,1-2H3,(H2,15,16,18)/t9-/m1/s1. The highest BCUT2D eigenvalue weighted by molar-refractivity contribution is 7.10. The number of H-pyrrole nitrogens is 1. The highest BCUT2D eigenvalue weighted by Gasteiger charge is 2.25. The molecule has 106 valence electrons. The Hall–Kier alpha value is -2.08. The topological polar surface area (TPSA) is 79.4 Å². The SMILES string of the molecule is COC(=O)C[C@H](c1cccs1)c1c(O)cc(C)[nH]c1=O. The summed E-state index contributed by atoms with van der Waals surface area (Å²) < 4.78 is 4.68. The summed E-state index contributed by atoms with van der Waals surface area (Å²) in [4.78, 5) is 27.2. The summed E-state index contributed by atoms with van der Waals surface area (Å²) in [5.74, 6) is -1.04. The van der Waals surface area contributed by atoms with E-state index in [-0.39, 0.29) is 23.3 Å². The van der Waals surface area contributed by atoms with Crippen molar-refractivity contribution in [1.82, 2.24) is 4.98 Å². The molecule has 0 unspecified atom stereocenters. The van der Waals surface area contributed by atoms with Crippen molar-refractivity contribution >= 4 is 17.3 Å². The van der Waals surface area contributed by atoms with Crippen LogP contribution >= 0.6 is 11.3 Å². The molecular formula is C14H15NO4S. The van der Waals surface area contributed by atoms with Gasteiger partial charge in [-0.25, -0.2) is 0 Å². The summed E-state index contributed by atoms with van der Waals surface area (Å²) in [6.07, 6.45) is 0.0106.